The first kappa shape index (κ1) is 20.1. The lowest BCUT2D eigenvalue weighted by atomic mass is 9.82. The quantitative estimate of drug-likeness (QED) is 0.826. The van der Waals surface area contributed by atoms with Crippen LogP contribution >= 0.6 is 0 Å². The van der Waals surface area contributed by atoms with E-state index < -0.39 is 0 Å². The molecule has 0 radical (unpaired) electrons. The fraction of sp³-hybridized carbons (Fsp3) is 0.667. The monoisotopic (exact) mass is 377 g/mol. The van der Waals surface area contributed by atoms with Gasteiger partial charge in [-0.2, -0.15) is 0 Å². The van der Waals surface area contributed by atoms with E-state index >= 15 is 0 Å². The number of amides is 2. The van der Waals surface area contributed by atoms with Gasteiger partial charge in [-0.25, -0.2) is 9.18 Å². The summed E-state index contributed by atoms with van der Waals surface area (Å²) in [6.45, 7) is 3.74. The zero-order valence-corrected chi connectivity index (χ0v) is 16.2. The number of piperidine rings is 1. The van der Waals surface area contributed by atoms with E-state index in [0.717, 1.165) is 50.6 Å². The molecule has 0 bridgehead atoms. The van der Waals surface area contributed by atoms with Crippen molar-refractivity contribution in [3.8, 4) is 0 Å². The summed E-state index contributed by atoms with van der Waals surface area (Å²) in [6.07, 6.45) is 5.72. The number of likely N-dealkylation sites (tertiary alicyclic amines) is 1. The van der Waals surface area contributed by atoms with Crippen LogP contribution in [0.2, 0.25) is 0 Å². The topological polar surface area (TPSA) is 67.6 Å². The van der Waals surface area contributed by atoms with E-state index in [1.165, 1.54) is 0 Å². The molecular weight excluding hydrogens is 345 g/mol. The van der Waals surface area contributed by atoms with Crippen molar-refractivity contribution in [2.45, 2.75) is 69.6 Å². The van der Waals surface area contributed by atoms with Crippen molar-refractivity contribution in [3.05, 3.63) is 35.6 Å². The van der Waals surface area contributed by atoms with Gasteiger partial charge < -0.3 is 20.7 Å². The summed E-state index contributed by atoms with van der Waals surface area (Å²) in [6, 6.07) is 6.91. The Morgan fingerprint density at radius 3 is 2.70 bits per heavy atom. The lowest BCUT2D eigenvalue weighted by molar-refractivity contribution is -0.0159. The first-order valence-corrected chi connectivity index (χ1v) is 10.3. The van der Waals surface area contributed by atoms with Crippen molar-refractivity contribution < 1.29 is 13.9 Å². The summed E-state index contributed by atoms with van der Waals surface area (Å²) in [5, 5.41) is 2.87. The molecule has 3 N–H and O–H groups in total. The Bertz CT molecular complexity index is 619. The molecule has 1 aromatic carbocycles. The van der Waals surface area contributed by atoms with E-state index in [-0.39, 0.29) is 36.0 Å². The van der Waals surface area contributed by atoms with Crippen molar-refractivity contribution in [2.75, 3.05) is 19.7 Å². The molecule has 0 spiro atoms. The van der Waals surface area contributed by atoms with E-state index in [1.807, 2.05) is 24.0 Å². The van der Waals surface area contributed by atoms with E-state index in [0.29, 0.717) is 13.2 Å². The number of nitrogens with two attached hydrogens (primary N) is 1. The highest BCUT2D eigenvalue weighted by Crippen LogP contribution is 2.35. The Hall–Kier alpha value is -1.66. The van der Waals surface area contributed by atoms with Gasteiger partial charge in [0.25, 0.3) is 0 Å². The fourth-order valence-corrected chi connectivity index (χ4v) is 4.39. The number of ether oxygens (including phenoxy) is 1. The van der Waals surface area contributed by atoms with Crippen LogP contribution in [-0.2, 0) is 4.74 Å². The molecule has 5 nitrogen and oxygen atoms in total. The van der Waals surface area contributed by atoms with Gasteiger partial charge in [-0.05, 0) is 63.0 Å². The van der Waals surface area contributed by atoms with Crippen LogP contribution in [0.15, 0.2) is 24.3 Å². The number of hydrogen-bond acceptors (Lipinski definition) is 3. The molecule has 0 unspecified atom stereocenters. The highest BCUT2D eigenvalue weighted by atomic mass is 19.1. The highest BCUT2D eigenvalue weighted by molar-refractivity contribution is 5.74. The second-order valence-electron chi connectivity index (χ2n) is 7.73. The fourth-order valence-electron chi connectivity index (χ4n) is 4.39. The van der Waals surface area contributed by atoms with Crippen molar-refractivity contribution >= 4 is 6.03 Å². The molecule has 150 valence electrons. The molecule has 2 atom stereocenters. The number of nitrogens with one attached hydrogen (secondary N) is 1. The molecule has 3 rings (SSSR count). The third kappa shape index (κ3) is 4.99. The third-order valence-corrected chi connectivity index (χ3v) is 5.94. The van der Waals surface area contributed by atoms with Crippen LogP contribution in [0.3, 0.4) is 0 Å². The number of hydrogen-bond donors (Lipinski definition) is 2. The molecule has 1 aliphatic heterocycles. The van der Waals surface area contributed by atoms with E-state index in [1.54, 1.807) is 12.1 Å². The molecule has 1 heterocycles. The molecule has 2 aliphatic rings. The zero-order valence-electron chi connectivity index (χ0n) is 16.2. The van der Waals surface area contributed by atoms with Gasteiger partial charge in [0, 0.05) is 19.1 Å². The first-order valence-electron chi connectivity index (χ1n) is 10.3. The Morgan fingerprint density at radius 1 is 1.26 bits per heavy atom. The van der Waals surface area contributed by atoms with Gasteiger partial charge in [0.1, 0.15) is 5.82 Å². The van der Waals surface area contributed by atoms with Crippen molar-refractivity contribution in [3.63, 3.8) is 0 Å². The number of rotatable bonds is 5. The van der Waals surface area contributed by atoms with Crippen molar-refractivity contribution in [1.29, 1.82) is 0 Å². The van der Waals surface area contributed by atoms with E-state index in [2.05, 4.69) is 5.32 Å². The maximum absolute atomic E-state index is 14.0. The molecular formula is C21H32FN3O2. The van der Waals surface area contributed by atoms with Gasteiger partial charge >= 0.3 is 6.03 Å². The predicted octanol–water partition coefficient (Wildman–Crippen LogP) is 3.39. The molecule has 6 heteroatoms. The minimum Gasteiger partial charge on any atom is -0.376 e. The number of halogens is 1. The maximum atomic E-state index is 14.0. The first-order chi connectivity index (χ1) is 13.1. The van der Waals surface area contributed by atoms with Crippen LogP contribution in [0, 0.1) is 5.82 Å². The van der Waals surface area contributed by atoms with E-state index in [4.69, 9.17) is 10.5 Å². The number of carbonyl (C=O) groups is 1. The number of urea groups is 1. The lowest BCUT2D eigenvalue weighted by Crippen LogP contribution is -2.58. The molecule has 2 fully saturated rings. The molecule has 1 saturated heterocycles. The molecule has 1 aliphatic carbocycles. The van der Waals surface area contributed by atoms with Crippen molar-refractivity contribution in [2.24, 2.45) is 5.73 Å². The Balaban J connectivity index is 1.51. The second-order valence-corrected chi connectivity index (χ2v) is 7.73. The van der Waals surface area contributed by atoms with Crippen LogP contribution in [0.1, 0.15) is 56.9 Å². The summed E-state index contributed by atoms with van der Waals surface area (Å²) in [4.78, 5) is 14.1. The van der Waals surface area contributed by atoms with Crippen LogP contribution < -0.4 is 11.1 Å². The van der Waals surface area contributed by atoms with Crippen LogP contribution in [0.25, 0.3) is 0 Å². The Kier molecular flexibility index (Phi) is 7.07. The van der Waals surface area contributed by atoms with Crippen LogP contribution in [-0.4, -0.2) is 48.8 Å². The Morgan fingerprint density at radius 2 is 2.00 bits per heavy atom. The summed E-state index contributed by atoms with van der Waals surface area (Å²) < 4.78 is 20.2. The SMILES string of the molecule is CCNC(=O)N1CCC[C@H](N)[C@@H]1CO[C@H]1CC[C@@H](c2ccccc2F)CC1. The smallest absolute Gasteiger partial charge is 0.317 e. The second kappa shape index (κ2) is 9.51. The standard InChI is InChI=1S/C21H32FN3O2/c1-2-24-21(26)25-13-5-8-19(23)20(25)14-27-16-11-9-15(10-12-16)17-6-3-4-7-18(17)22/h3-4,6-7,15-16,19-20H,2,5,8-14,23H2,1H3,(H,24,26)/t15-,16+,19-,20-/m0/s1. The van der Waals surface area contributed by atoms with Crippen LogP contribution in [0.4, 0.5) is 9.18 Å². The van der Waals surface area contributed by atoms with Gasteiger partial charge in [0.15, 0.2) is 0 Å². The minimum absolute atomic E-state index is 0.0453. The summed E-state index contributed by atoms with van der Waals surface area (Å²) in [5.74, 6) is 0.169. The van der Waals surface area contributed by atoms with Gasteiger partial charge in [0.05, 0.1) is 18.8 Å². The molecule has 2 amide bonds. The molecule has 1 saturated carbocycles. The molecule has 1 aromatic rings. The summed E-state index contributed by atoms with van der Waals surface area (Å²) in [5.41, 5.74) is 7.12. The van der Waals surface area contributed by atoms with Gasteiger partial charge in [-0.1, -0.05) is 18.2 Å². The van der Waals surface area contributed by atoms with Gasteiger partial charge in [0.2, 0.25) is 0 Å². The zero-order chi connectivity index (χ0) is 19.2. The van der Waals surface area contributed by atoms with Crippen molar-refractivity contribution in [1.82, 2.24) is 10.2 Å². The average Bonchev–Trinajstić information content (AvgIpc) is 2.68. The van der Waals surface area contributed by atoms with Gasteiger partial charge in [-0.3, -0.25) is 0 Å². The lowest BCUT2D eigenvalue weighted by Gasteiger charge is -2.40. The third-order valence-electron chi connectivity index (χ3n) is 5.94. The minimum atomic E-state index is -0.104. The molecule has 0 aromatic heterocycles. The largest absolute Gasteiger partial charge is 0.376 e. The number of nitrogens with zero attached hydrogens (tertiary/aromatic N) is 1. The summed E-state index contributed by atoms with van der Waals surface area (Å²) >= 11 is 0. The number of carbonyl (C=O) groups excluding carboxylic acids is 1. The van der Waals surface area contributed by atoms with E-state index in [9.17, 15) is 9.18 Å². The highest BCUT2D eigenvalue weighted by Gasteiger charge is 2.33. The molecule has 27 heavy (non-hydrogen) atoms. The van der Waals surface area contributed by atoms with Crippen LogP contribution in [0.5, 0.6) is 0 Å². The summed E-state index contributed by atoms with van der Waals surface area (Å²) in [7, 11) is 0. The normalized spacial score (nSPS) is 28.8. The predicted molar refractivity (Wildman–Crippen MR) is 104 cm³/mol. The van der Waals surface area contributed by atoms with Gasteiger partial charge in [-0.15, -0.1) is 0 Å². The number of benzene rings is 1. The Labute approximate surface area is 161 Å². The average molecular weight is 378 g/mol. The maximum Gasteiger partial charge on any atom is 0.317 e.